The maximum atomic E-state index is 9.53. The van der Waals surface area contributed by atoms with Crippen LogP contribution in [0.3, 0.4) is 0 Å². The summed E-state index contributed by atoms with van der Waals surface area (Å²) in [4.78, 5) is 1.68. The van der Waals surface area contributed by atoms with Crippen LogP contribution < -0.4 is 0 Å². The molecular formula is C7H17NO2. The number of nitrogens with zero attached hydrogens (tertiary/aromatic N) is 1. The summed E-state index contributed by atoms with van der Waals surface area (Å²) in [5.74, 6) is 0. The van der Waals surface area contributed by atoms with E-state index in [1.165, 1.54) is 0 Å². The zero-order chi connectivity index (χ0) is 8.36. The van der Waals surface area contributed by atoms with Crippen LogP contribution in [0.2, 0.25) is 0 Å². The van der Waals surface area contributed by atoms with Gasteiger partial charge in [-0.3, -0.25) is 4.90 Å². The van der Waals surface area contributed by atoms with Gasteiger partial charge in [-0.05, 0) is 27.9 Å². The SMILES string of the molecule is CC(O)CC(C)(O)N(C)C. The number of hydrogen-bond donors (Lipinski definition) is 2. The summed E-state index contributed by atoms with van der Waals surface area (Å²) in [5, 5.41) is 18.5. The fourth-order valence-corrected chi connectivity index (χ4v) is 0.742. The fraction of sp³-hybridized carbons (Fsp3) is 1.00. The van der Waals surface area contributed by atoms with Crippen molar-refractivity contribution in [2.24, 2.45) is 0 Å². The monoisotopic (exact) mass is 147 g/mol. The minimum absolute atomic E-state index is 0.375. The average molecular weight is 147 g/mol. The van der Waals surface area contributed by atoms with Crippen LogP contribution in [0.5, 0.6) is 0 Å². The Kier molecular flexibility index (Phi) is 3.28. The standard InChI is InChI=1S/C7H17NO2/c1-6(9)5-7(2,10)8(3)4/h6,9-10H,5H2,1-4H3. The van der Waals surface area contributed by atoms with Crippen LogP contribution in [0.4, 0.5) is 0 Å². The zero-order valence-electron chi connectivity index (χ0n) is 7.13. The molecule has 10 heavy (non-hydrogen) atoms. The molecule has 0 aromatic rings. The first-order chi connectivity index (χ1) is 4.36. The number of hydrogen-bond acceptors (Lipinski definition) is 3. The van der Waals surface area contributed by atoms with Gasteiger partial charge in [0.15, 0.2) is 0 Å². The molecule has 3 nitrogen and oxygen atoms in total. The van der Waals surface area contributed by atoms with Crippen molar-refractivity contribution in [3.8, 4) is 0 Å². The largest absolute Gasteiger partial charge is 0.393 e. The Morgan fingerprint density at radius 3 is 2.00 bits per heavy atom. The summed E-state index contributed by atoms with van der Waals surface area (Å²) in [6.45, 7) is 3.34. The van der Waals surface area contributed by atoms with Crippen LogP contribution in [-0.2, 0) is 0 Å². The molecule has 0 saturated carbocycles. The van der Waals surface area contributed by atoms with Gasteiger partial charge in [0.1, 0.15) is 5.72 Å². The third-order valence-corrected chi connectivity index (χ3v) is 1.65. The molecule has 0 aromatic carbocycles. The van der Waals surface area contributed by atoms with Gasteiger partial charge in [-0.2, -0.15) is 0 Å². The van der Waals surface area contributed by atoms with Gasteiger partial charge in [0.25, 0.3) is 0 Å². The predicted octanol–water partition coefficient (Wildman–Crippen LogP) is 0.0274. The zero-order valence-corrected chi connectivity index (χ0v) is 7.13. The topological polar surface area (TPSA) is 43.7 Å². The Labute approximate surface area is 62.3 Å². The highest BCUT2D eigenvalue weighted by atomic mass is 16.3. The molecular weight excluding hydrogens is 130 g/mol. The van der Waals surface area contributed by atoms with E-state index in [4.69, 9.17) is 5.11 Å². The van der Waals surface area contributed by atoms with Crippen molar-refractivity contribution in [2.45, 2.75) is 32.1 Å². The Morgan fingerprint density at radius 1 is 1.50 bits per heavy atom. The lowest BCUT2D eigenvalue weighted by Gasteiger charge is -2.31. The van der Waals surface area contributed by atoms with Crippen LogP contribution in [0.25, 0.3) is 0 Å². The van der Waals surface area contributed by atoms with Gasteiger partial charge < -0.3 is 10.2 Å². The van der Waals surface area contributed by atoms with Crippen LogP contribution in [0.15, 0.2) is 0 Å². The Morgan fingerprint density at radius 2 is 1.90 bits per heavy atom. The molecule has 0 fully saturated rings. The molecule has 2 unspecified atom stereocenters. The molecule has 0 aromatic heterocycles. The molecule has 3 heteroatoms. The summed E-state index contributed by atoms with van der Waals surface area (Å²) in [6, 6.07) is 0. The van der Waals surface area contributed by atoms with Crippen LogP contribution in [0.1, 0.15) is 20.3 Å². The number of aliphatic hydroxyl groups excluding tert-OH is 1. The molecule has 0 bridgehead atoms. The van der Waals surface area contributed by atoms with Crippen molar-refractivity contribution in [1.82, 2.24) is 4.90 Å². The van der Waals surface area contributed by atoms with Crippen molar-refractivity contribution >= 4 is 0 Å². The summed E-state index contributed by atoms with van der Waals surface area (Å²) >= 11 is 0. The van der Waals surface area contributed by atoms with Gasteiger partial charge in [0.2, 0.25) is 0 Å². The minimum Gasteiger partial charge on any atom is -0.393 e. The number of aliphatic hydroxyl groups is 2. The van der Waals surface area contributed by atoms with Crippen molar-refractivity contribution in [3.63, 3.8) is 0 Å². The Bertz CT molecular complexity index is 99.8. The Balaban J connectivity index is 3.87. The van der Waals surface area contributed by atoms with Crippen LogP contribution in [0, 0.1) is 0 Å². The van der Waals surface area contributed by atoms with Crippen molar-refractivity contribution < 1.29 is 10.2 Å². The molecule has 0 heterocycles. The van der Waals surface area contributed by atoms with E-state index in [1.807, 2.05) is 0 Å². The quantitative estimate of drug-likeness (QED) is 0.553. The highest BCUT2D eigenvalue weighted by molar-refractivity contribution is 4.71. The third-order valence-electron chi connectivity index (χ3n) is 1.65. The van der Waals surface area contributed by atoms with Gasteiger partial charge >= 0.3 is 0 Å². The smallest absolute Gasteiger partial charge is 0.117 e. The molecule has 62 valence electrons. The van der Waals surface area contributed by atoms with E-state index in [-0.39, 0.29) is 0 Å². The second kappa shape index (κ2) is 3.32. The number of rotatable bonds is 3. The Hall–Kier alpha value is -0.120. The lowest BCUT2D eigenvalue weighted by molar-refractivity contribution is -0.0927. The van der Waals surface area contributed by atoms with E-state index in [0.29, 0.717) is 6.42 Å². The van der Waals surface area contributed by atoms with E-state index in [1.54, 1.807) is 32.8 Å². The summed E-state index contributed by atoms with van der Waals surface area (Å²) < 4.78 is 0. The summed E-state index contributed by atoms with van der Waals surface area (Å²) in [7, 11) is 3.56. The second-order valence-corrected chi connectivity index (χ2v) is 3.16. The van der Waals surface area contributed by atoms with E-state index in [9.17, 15) is 5.11 Å². The molecule has 0 aliphatic rings. The molecule has 0 amide bonds. The highest BCUT2D eigenvalue weighted by Crippen LogP contribution is 2.13. The summed E-state index contributed by atoms with van der Waals surface area (Å²) in [5.41, 5.74) is -0.895. The molecule has 2 atom stereocenters. The average Bonchev–Trinajstić information content (AvgIpc) is 1.60. The maximum absolute atomic E-state index is 9.53. The van der Waals surface area contributed by atoms with Crippen molar-refractivity contribution in [1.29, 1.82) is 0 Å². The second-order valence-electron chi connectivity index (χ2n) is 3.16. The van der Waals surface area contributed by atoms with Gasteiger partial charge in [-0.1, -0.05) is 0 Å². The maximum Gasteiger partial charge on any atom is 0.117 e. The van der Waals surface area contributed by atoms with E-state index >= 15 is 0 Å². The lowest BCUT2D eigenvalue weighted by atomic mass is 10.1. The molecule has 2 N–H and O–H groups in total. The molecule has 0 rings (SSSR count). The lowest BCUT2D eigenvalue weighted by Crippen LogP contribution is -2.43. The molecule has 0 radical (unpaired) electrons. The summed E-state index contributed by atoms with van der Waals surface area (Å²) in [6.07, 6.45) is -0.0857. The predicted molar refractivity (Wildman–Crippen MR) is 40.6 cm³/mol. The first-order valence-electron chi connectivity index (χ1n) is 3.44. The third kappa shape index (κ3) is 3.15. The fourth-order valence-electron chi connectivity index (χ4n) is 0.742. The van der Waals surface area contributed by atoms with Crippen molar-refractivity contribution in [3.05, 3.63) is 0 Å². The molecule has 0 aliphatic carbocycles. The van der Waals surface area contributed by atoms with Gasteiger partial charge in [-0.15, -0.1) is 0 Å². The van der Waals surface area contributed by atoms with Gasteiger partial charge in [0.05, 0.1) is 6.10 Å². The first-order valence-corrected chi connectivity index (χ1v) is 3.44. The highest BCUT2D eigenvalue weighted by Gasteiger charge is 2.24. The van der Waals surface area contributed by atoms with E-state index in [2.05, 4.69) is 0 Å². The van der Waals surface area contributed by atoms with E-state index in [0.717, 1.165) is 0 Å². The van der Waals surface area contributed by atoms with Crippen molar-refractivity contribution in [2.75, 3.05) is 14.1 Å². The molecule has 0 saturated heterocycles. The van der Waals surface area contributed by atoms with Crippen LogP contribution >= 0.6 is 0 Å². The molecule has 0 aliphatic heterocycles. The van der Waals surface area contributed by atoms with Gasteiger partial charge in [0, 0.05) is 6.42 Å². The normalized spacial score (nSPS) is 20.7. The first kappa shape index (κ1) is 9.88. The van der Waals surface area contributed by atoms with Crippen LogP contribution in [-0.4, -0.2) is 41.0 Å². The van der Waals surface area contributed by atoms with E-state index < -0.39 is 11.8 Å². The van der Waals surface area contributed by atoms with Gasteiger partial charge in [-0.25, -0.2) is 0 Å². The molecule has 0 spiro atoms. The minimum atomic E-state index is -0.895.